The Morgan fingerprint density at radius 1 is 1.10 bits per heavy atom. The number of hydrogen-bond acceptors (Lipinski definition) is 8. The molecule has 204 valence electrons. The van der Waals surface area contributed by atoms with Crippen LogP contribution in [0, 0.1) is 0 Å². The molecule has 2 atom stereocenters. The zero-order valence-corrected chi connectivity index (χ0v) is 23.4. The minimum absolute atomic E-state index is 0.178. The molecule has 9 nitrogen and oxygen atoms in total. The van der Waals surface area contributed by atoms with Crippen molar-refractivity contribution in [2.45, 2.75) is 45.2 Å². The monoisotopic (exact) mass is 547 g/mol. The Morgan fingerprint density at radius 2 is 1.92 bits per heavy atom. The molecule has 0 bridgehead atoms. The van der Waals surface area contributed by atoms with Crippen LogP contribution in [0.1, 0.15) is 32.5 Å². The summed E-state index contributed by atoms with van der Waals surface area (Å²) in [5.41, 5.74) is 1.21. The third-order valence-corrected chi connectivity index (χ3v) is 8.30. The lowest BCUT2D eigenvalue weighted by Crippen LogP contribution is -2.50. The van der Waals surface area contributed by atoms with Gasteiger partial charge in [0.25, 0.3) is 5.56 Å². The Balaban J connectivity index is 1.56. The van der Waals surface area contributed by atoms with Crippen LogP contribution in [0.15, 0.2) is 41.2 Å². The number of nitrogens with one attached hydrogen (secondary N) is 1. The van der Waals surface area contributed by atoms with E-state index in [1.807, 2.05) is 43.3 Å². The van der Waals surface area contributed by atoms with Crippen molar-refractivity contribution in [1.82, 2.24) is 29.7 Å². The Hall–Kier alpha value is -3.27. The summed E-state index contributed by atoms with van der Waals surface area (Å²) in [6.07, 6.45) is 2.77. The number of aromatic nitrogens is 4. The van der Waals surface area contributed by atoms with Crippen LogP contribution in [-0.4, -0.2) is 76.3 Å². The van der Waals surface area contributed by atoms with Crippen molar-refractivity contribution in [3.05, 3.63) is 57.6 Å². The quantitative estimate of drug-likeness (QED) is 0.390. The number of halogens is 1. The molecule has 2 unspecified atom stereocenters. The molecule has 2 aliphatic heterocycles. The van der Waals surface area contributed by atoms with Crippen molar-refractivity contribution in [2.24, 2.45) is 0 Å². The fraction of sp³-hybridized carbons (Fsp3) is 0.448. The van der Waals surface area contributed by atoms with Gasteiger partial charge in [-0.3, -0.25) is 9.36 Å². The molecule has 2 aliphatic rings. The third-order valence-electron chi connectivity index (χ3n) is 7.99. The van der Waals surface area contributed by atoms with Crippen LogP contribution in [-0.2, 0) is 6.42 Å². The summed E-state index contributed by atoms with van der Waals surface area (Å²) < 4.78 is 7.83. The van der Waals surface area contributed by atoms with Crippen LogP contribution in [0.2, 0.25) is 5.02 Å². The molecular weight excluding hydrogens is 514 g/mol. The Morgan fingerprint density at radius 3 is 2.67 bits per heavy atom. The van der Waals surface area contributed by atoms with Crippen LogP contribution < -0.4 is 20.5 Å². The number of fused-ring (bicyclic) bond motifs is 2. The van der Waals surface area contributed by atoms with Crippen molar-refractivity contribution in [2.75, 3.05) is 44.7 Å². The van der Waals surface area contributed by atoms with E-state index in [0.29, 0.717) is 46.9 Å². The van der Waals surface area contributed by atoms with Gasteiger partial charge < -0.3 is 19.9 Å². The third kappa shape index (κ3) is 4.73. The van der Waals surface area contributed by atoms with E-state index in [4.69, 9.17) is 26.3 Å². The molecule has 0 spiro atoms. The lowest BCUT2D eigenvalue weighted by molar-refractivity contribution is 0.188. The first-order valence-electron chi connectivity index (χ1n) is 13.8. The standard InChI is InChI=1S/C29H34ClN7O2/c1-4-23-32-25-26(28(38)37(23)22-12-6-9-19-8-5-11-21(30)24(19)22)33-29(39-17-20-10-7-14-35(20)3)34-27(25)36-15-13-31-16-18(36)2/h5-6,8-9,11-12,18,20,31H,4,7,10,13-17H2,1-3H3. The molecule has 0 aliphatic carbocycles. The second-order valence-corrected chi connectivity index (χ2v) is 10.9. The first kappa shape index (κ1) is 26.0. The van der Waals surface area contributed by atoms with E-state index in [-0.39, 0.29) is 23.1 Å². The number of hydrogen-bond donors (Lipinski definition) is 1. The highest BCUT2D eigenvalue weighted by molar-refractivity contribution is 6.36. The molecule has 0 amide bonds. The number of likely N-dealkylation sites (tertiary alicyclic amines) is 1. The Labute approximate surface area is 232 Å². The maximum Gasteiger partial charge on any atom is 0.319 e. The van der Waals surface area contributed by atoms with Gasteiger partial charge in [0.05, 0.1) is 10.7 Å². The number of aryl methyl sites for hydroxylation is 1. The van der Waals surface area contributed by atoms with Crippen LogP contribution >= 0.6 is 11.6 Å². The smallest absolute Gasteiger partial charge is 0.319 e. The van der Waals surface area contributed by atoms with E-state index < -0.39 is 0 Å². The van der Waals surface area contributed by atoms with E-state index in [2.05, 4.69) is 34.1 Å². The number of ether oxygens (including phenoxy) is 1. The van der Waals surface area contributed by atoms with E-state index in [1.54, 1.807) is 4.57 Å². The Bertz CT molecular complexity index is 1580. The summed E-state index contributed by atoms with van der Waals surface area (Å²) in [5, 5.41) is 5.78. The van der Waals surface area contributed by atoms with E-state index in [1.165, 1.54) is 0 Å². The molecule has 2 saturated heterocycles. The van der Waals surface area contributed by atoms with Gasteiger partial charge in [-0.2, -0.15) is 9.97 Å². The lowest BCUT2D eigenvalue weighted by atomic mass is 10.1. The largest absolute Gasteiger partial charge is 0.462 e. The molecule has 0 saturated carbocycles. The highest BCUT2D eigenvalue weighted by atomic mass is 35.5. The van der Waals surface area contributed by atoms with E-state index in [9.17, 15) is 4.79 Å². The molecule has 2 aromatic heterocycles. The molecule has 0 radical (unpaired) electrons. The van der Waals surface area contributed by atoms with Gasteiger partial charge >= 0.3 is 6.01 Å². The predicted octanol–water partition coefficient (Wildman–Crippen LogP) is 3.82. The molecule has 1 N–H and O–H groups in total. The lowest BCUT2D eigenvalue weighted by Gasteiger charge is -2.35. The Kier molecular flexibility index (Phi) is 7.14. The predicted molar refractivity (Wildman–Crippen MR) is 156 cm³/mol. The van der Waals surface area contributed by atoms with Crippen molar-refractivity contribution < 1.29 is 4.74 Å². The van der Waals surface area contributed by atoms with Crippen LogP contribution in [0.3, 0.4) is 0 Å². The van der Waals surface area contributed by atoms with Gasteiger partial charge in [-0.05, 0) is 50.9 Å². The van der Waals surface area contributed by atoms with Crippen molar-refractivity contribution in [3.8, 4) is 11.7 Å². The van der Waals surface area contributed by atoms with Gasteiger partial charge in [-0.15, -0.1) is 0 Å². The molecule has 10 heteroatoms. The first-order valence-corrected chi connectivity index (χ1v) is 14.2. The van der Waals surface area contributed by atoms with Gasteiger partial charge in [0.15, 0.2) is 11.3 Å². The summed E-state index contributed by atoms with van der Waals surface area (Å²) in [5.74, 6) is 1.28. The van der Waals surface area contributed by atoms with Crippen molar-refractivity contribution in [3.63, 3.8) is 0 Å². The maximum absolute atomic E-state index is 14.3. The number of rotatable bonds is 6. The molecule has 4 heterocycles. The van der Waals surface area contributed by atoms with E-state index >= 15 is 0 Å². The van der Waals surface area contributed by atoms with Crippen molar-refractivity contribution >= 4 is 39.2 Å². The molecule has 39 heavy (non-hydrogen) atoms. The number of piperazine rings is 1. The summed E-state index contributed by atoms with van der Waals surface area (Å²) >= 11 is 6.66. The van der Waals surface area contributed by atoms with Gasteiger partial charge in [-0.25, -0.2) is 4.98 Å². The number of benzene rings is 2. The summed E-state index contributed by atoms with van der Waals surface area (Å²) in [6, 6.07) is 12.3. The van der Waals surface area contributed by atoms with Gasteiger partial charge in [0, 0.05) is 43.5 Å². The number of likely N-dealkylation sites (N-methyl/N-ethyl adjacent to an activating group) is 1. The fourth-order valence-electron chi connectivity index (χ4n) is 5.81. The second kappa shape index (κ2) is 10.7. The zero-order chi connectivity index (χ0) is 27.1. The van der Waals surface area contributed by atoms with Crippen LogP contribution in [0.4, 0.5) is 5.82 Å². The van der Waals surface area contributed by atoms with Crippen LogP contribution in [0.25, 0.3) is 27.5 Å². The number of nitrogens with zero attached hydrogens (tertiary/aromatic N) is 6. The SMILES string of the molecule is CCc1nc2c(N3CCNCC3C)nc(OCC3CCCN3C)nc2c(=O)n1-c1cccc2cccc(Cl)c12. The second-order valence-electron chi connectivity index (χ2n) is 10.5. The average Bonchev–Trinajstić information content (AvgIpc) is 3.36. The van der Waals surface area contributed by atoms with Crippen LogP contribution in [0.5, 0.6) is 6.01 Å². The summed E-state index contributed by atoms with van der Waals surface area (Å²) in [4.78, 5) is 33.4. The summed E-state index contributed by atoms with van der Waals surface area (Å²) in [7, 11) is 2.11. The zero-order valence-electron chi connectivity index (χ0n) is 22.7. The first-order chi connectivity index (χ1) is 19.0. The topological polar surface area (TPSA) is 88.4 Å². The minimum Gasteiger partial charge on any atom is -0.462 e. The summed E-state index contributed by atoms with van der Waals surface area (Å²) in [6.45, 7) is 8.08. The maximum atomic E-state index is 14.3. The normalized spacial score (nSPS) is 20.3. The molecule has 2 aromatic carbocycles. The van der Waals surface area contributed by atoms with Gasteiger partial charge in [0.2, 0.25) is 0 Å². The minimum atomic E-state index is -0.251. The average molecular weight is 548 g/mol. The van der Waals surface area contributed by atoms with Gasteiger partial charge in [-0.1, -0.05) is 42.8 Å². The molecule has 2 fully saturated rings. The molecule has 6 rings (SSSR count). The number of anilines is 1. The molecule has 4 aromatic rings. The van der Waals surface area contributed by atoms with Gasteiger partial charge in [0.1, 0.15) is 17.9 Å². The highest BCUT2D eigenvalue weighted by Gasteiger charge is 2.28. The highest BCUT2D eigenvalue weighted by Crippen LogP contribution is 2.31. The molecular formula is C29H34ClN7O2. The fourth-order valence-corrected chi connectivity index (χ4v) is 6.09. The van der Waals surface area contributed by atoms with E-state index in [0.717, 1.165) is 49.8 Å². The van der Waals surface area contributed by atoms with Crippen molar-refractivity contribution in [1.29, 1.82) is 0 Å².